The lowest BCUT2D eigenvalue weighted by atomic mass is 9.78. The van der Waals surface area contributed by atoms with Crippen molar-refractivity contribution in [1.82, 2.24) is 5.32 Å². The van der Waals surface area contributed by atoms with E-state index in [1.54, 1.807) is 6.07 Å². The van der Waals surface area contributed by atoms with E-state index < -0.39 is 5.60 Å². The van der Waals surface area contributed by atoms with Gasteiger partial charge in [0.1, 0.15) is 0 Å². The Morgan fingerprint density at radius 3 is 2.65 bits per heavy atom. The number of nitrogens with one attached hydrogen (secondary N) is 1. The van der Waals surface area contributed by atoms with Gasteiger partial charge in [0.2, 0.25) is 0 Å². The summed E-state index contributed by atoms with van der Waals surface area (Å²) in [7, 11) is 1.45. The van der Waals surface area contributed by atoms with Crippen molar-refractivity contribution >= 4 is 0 Å². The molecule has 20 heavy (non-hydrogen) atoms. The summed E-state index contributed by atoms with van der Waals surface area (Å²) in [6.07, 6.45) is 3.98. The number of ether oxygens (including phenoxy) is 1. The summed E-state index contributed by atoms with van der Waals surface area (Å²) in [6.45, 7) is 3.06. The van der Waals surface area contributed by atoms with Gasteiger partial charge in [0.25, 0.3) is 0 Å². The van der Waals surface area contributed by atoms with Crippen molar-refractivity contribution < 1.29 is 14.2 Å². The molecule has 0 heterocycles. The van der Waals surface area contributed by atoms with Gasteiger partial charge in [0.05, 0.1) is 12.7 Å². The maximum absolute atomic E-state index is 13.7. The first-order chi connectivity index (χ1) is 9.56. The van der Waals surface area contributed by atoms with Crippen LogP contribution in [0.5, 0.6) is 5.75 Å². The van der Waals surface area contributed by atoms with E-state index in [0.717, 1.165) is 37.8 Å². The van der Waals surface area contributed by atoms with Gasteiger partial charge in [-0.15, -0.1) is 0 Å². The second kappa shape index (κ2) is 6.55. The van der Waals surface area contributed by atoms with Crippen molar-refractivity contribution in [3.8, 4) is 5.75 Å². The smallest absolute Gasteiger partial charge is 0.165 e. The highest BCUT2D eigenvalue weighted by molar-refractivity contribution is 5.30. The van der Waals surface area contributed by atoms with E-state index in [1.165, 1.54) is 13.2 Å². The number of hydrogen-bond donors (Lipinski definition) is 2. The largest absolute Gasteiger partial charge is 0.494 e. The van der Waals surface area contributed by atoms with Crippen molar-refractivity contribution in [2.45, 2.75) is 50.7 Å². The number of rotatable bonds is 5. The van der Waals surface area contributed by atoms with Crippen LogP contribution in [0.25, 0.3) is 0 Å². The van der Waals surface area contributed by atoms with Crippen LogP contribution < -0.4 is 10.1 Å². The molecule has 1 aromatic carbocycles. The Balaban J connectivity index is 1.97. The molecule has 2 N–H and O–H groups in total. The van der Waals surface area contributed by atoms with E-state index >= 15 is 0 Å². The van der Waals surface area contributed by atoms with Crippen LogP contribution >= 0.6 is 0 Å². The summed E-state index contributed by atoms with van der Waals surface area (Å²) in [5, 5.41) is 14.1. The zero-order valence-corrected chi connectivity index (χ0v) is 12.3. The SMILES string of the molecule is CCNC1CCC(O)(Cc2ccc(OC)c(F)c2)CC1. The molecule has 1 aromatic rings. The predicted octanol–water partition coefficient (Wildman–Crippen LogP) is 2.66. The highest BCUT2D eigenvalue weighted by Gasteiger charge is 2.33. The van der Waals surface area contributed by atoms with Crippen LogP contribution in [-0.2, 0) is 6.42 Å². The van der Waals surface area contributed by atoms with Gasteiger partial charge in [-0.2, -0.15) is 0 Å². The fourth-order valence-electron chi connectivity index (χ4n) is 3.02. The van der Waals surface area contributed by atoms with Gasteiger partial charge in [0.15, 0.2) is 11.6 Å². The van der Waals surface area contributed by atoms with Gasteiger partial charge in [-0.05, 0) is 49.9 Å². The summed E-state index contributed by atoms with van der Waals surface area (Å²) < 4.78 is 18.6. The number of aliphatic hydroxyl groups is 1. The molecule has 0 radical (unpaired) electrons. The summed E-state index contributed by atoms with van der Waals surface area (Å²) in [5.41, 5.74) is 0.125. The molecule has 0 amide bonds. The van der Waals surface area contributed by atoms with Gasteiger partial charge in [-0.3, -0.25) is 0 Å². The minimum atomic E-state index is -0.701. The van der Waals surface area contributed by atoms with E-state index in [2.05, 4.69) is 12.2 Å². The highest BCUT2D eigenvalue weighted by Crippen LogP contribution is 2.32. The van der Waals surface area contributed by atoms with Crippen molar-refractivity contribution in [3.05, 3.63) is 29.6 Å². The van der Waals surface area contributed by atoms with E-state index in [9.17, 15) is 9.50 Å². The number of methoxy groups -OCH3 is 1. The molecule has 1 aliphatic carbocycles. The summed E-state index contributed by atoms with van der Waals surface area (Å²) in [4.78, 5) is 0. The van der Waals surface area contributed by atoms with Crippen LogP contribution in [0.3, 0.4) is 0 Å². The number of halogens is 1. The molecule has 112 valence electrons. The van der Waals surface area contributed by atoms with Gasteiger partial charge >= 0.3 is 0 Å². The summed E-state index contributed by atoms with van der Waals surface area (Å²) >= 11 is 0. The minimum Gasteiger partial charge on any atom is -0.494 e. The van der Waals surface area contributed by atoms with E-state index in [-0.39, 0.29) is 11.6 Å². The first-order valence-electron chi connectivity index (χ1n) is 7.34. The zero-order valence-electron chi connectivity index (χ0n) is 12.3. The standard InChI is InChI=1S/C16H24FNO2/c1-3-18-13-6-8-16(19,9-7-13)11-12-4-5-15(20-2)14(17)10-12/h4-5,10,13,18-19H,3,6-9,11H2,1-2H3. The molecule has 1 aliphatic rings. The topological polar surface area (TPSA) is 41.5 Å². The summed E-state index contributed by atoms with van der Waals surface area (Å²) in [5.74, 6) is -0.119. The molecule has 0 spiro atoms. The van der Waals surface area contributed by atoms with Gasteiger partial charge in [0, 0.05) is 12.5 Å². The molecule has 0 bridgehead atoms. The van der Waals surface area contributed by atoms with Gasteiger partial charge in [-0.1, -0.05) is 13.0 Å². The average molecular weight is 281 g/mol. The normalized spacial score (nSPS) is 26.5. The Hall–Kier alpha value is -1.13. The van der Waals surface area contributed by atoms with Crippen molar-refractivity contribution in [2.75, 3.05) is 13.7 Å². The molecule has 1 fully saturated rings. The van der Waals surface area contributed by atoms with E-state index in [4.69, 9.17) is 4.74 Å². The lowest BCUT2D eigenvalue weighted by Crippen LogP contribution is -2.42. The molecular weight excluding hydrogens is 257 g/mol. The third-order valence-electron chi connectivity index (χ3n) is 4.16. The molecule has 0 atom stereocenters. The molecule has 0 aliphatic heterocycles. The zero-order chi connectivity index (χ0) is 14.6. The first kappa shape index (κ1) is 15.3. The second-order valence-electron chi connectivity index (χ2n) is 5.70. The van der Waals surface area contributed by atoms with Crippen LogP contribution in [0.4, 0.5) is 4.39 Å². The Labute approximate surface area is 120 Å². The van der Waals surface area contributed by atoms with Gasteiger partial charge in [-0.25, -0.2) is 4.39 Å². The lowest BCUT2D eigenvalue weighted by molar-refractivity contribution is -0.00300. The third kappa shape index (κ3) is 3.70. The Morgan fingerprint density at radius 2 is 2.10 bits per heavy atom. The lowest BCUT2D eigenvalue weighted by Gasteiger charge is -2.36. The monoisotopic (exact) mass is 281 g/mol. The minimum absolute atomic E-state index is 0.247. The van der Waals surface area contributed by atoms with Crippen LogP contribution in [-0.4, -0.2) is 30.4 Å². The van der Waals surface area contributed by atoms with Crippen molar-refractivity contribution in [3.63, 3.8) is 0 Å². The van der Waals surface area contributed by atoms with Crippen molar-refractivity contribution in [2.24, 2.45) is 0 Å². The fourth-order valence-corrected chi connectivity index (χ4v) is 3.02. The molecule has 1 saturated carbocycles. The molecule has 0 saturated heterocycles. The van der Waals surface area contributed by atoms with E-state index in [0.29, 0.717) is 12.5 Å². The van der Waals surface area contributed by atoms with Gasteiger partial charge < -0.3 is 15.2 Å². The molecule has 4 heteroatoms. The fraction of sp³-hybridized carbons (Fsp3) is 0.625. The molecule has 0 aromatic heterocycles. The second-order valence-corrected chi connectivity index (χ2v) is 5.70. The van der Waals surface area contributed by atoms with Crippen LogP contribution in [0, 0.1) is 5.82 Å². The Kier molecular flexibility index (Phi) is 5.00. The highest BCUT2D eigenvalue weighted by atomic mass is 19.1. The van der Waals surface area contributed by atoms with Crippen molar-refractivity contribution in [1.29, 1.82) is 0 Å². The molecule has 2 rings (SSSR count). The molecular formula is C16H24FNO2. The number of hydrogen-bond acceptors (Lipinski definition) is 3. The quantitative estimate of drug-likeness (QED) is 0.872. The summed E-state index contributed by atoms with van der Waals surface area (Å²) in [6, 6.07) is 5.43. The Bertz CT molecular complexity index is 442. The third-order valence-corrected chi connectivity index (χ3v) is 4.16. The number of benzene rings is 1. The first-order valence-corrected chi connectivity index (χ1v) is 7.34. The molecule has 0 unspecified atom stereocenters. The van der Waals surface area contributed by atoms with Crippen LogP contribution in [0.1, 0.15) is 38.2 Å². The maximum Gasteiger partial charge on any atom is 0.165 e. The molecule has 3 nitrogen and oxygen atoms in total. The van der Waals surface area contributed by atoms with Crippen LogP contribution in [0.15, 0.2) is 18.2 Å². The maximum atomic E-state index is 13.7. The average Bonchev–Trinajstić information content (AvgIpc) is 2.42. The Morgan fingerprint density at radius 1 is 1.40 bits per heavy atom. The van der Waals surface area contributed by atoms with E-state index in [1.807, 2.05) is 6.07 Å². The predicted molar refractivity (Wildman–Crippen MR) is 77.5 cm³/mol. The van der Waals surface area contributed by atoms with Crippen LogP contribution in [0.2, 0.25) is 0 Å².